The normalized spacial score (nSPS) is 11.6. The van der Waals surface area contributed by atoms with E-state index in [9.17, 15) is 4.79 Å². The quantitative estimate of drug-likeness (QED) is 0.213. The molecule has 4 N–H and O–H groups in total. The van der Waals surface area contributed by atoms with E-state index in [1.54, 1.807) is 40.7 Å². The summed E-state index contributed by atoms with van der Waals surface area (Å²) in [6.07, 6.45) is 3.95. The second-order valence-electron chi connectivity index (χ2n) is 7.83. The maximum atomic E-state index is 12.9. The summed E-state index contributed by atoms with van der Waals surface area (Å²) in [4.78, 5) is 16.4. The van der Waals surface area contributed by atoms with Gasteiger partial charge in [0, 0.05) is 17.3 Å². The van der Waals surface area contributed by atoms with Crippen LogP contribution < -0.4 is 34.8 Å². The van der Waals surface area contributed by atoms with Gasteiger partial charge in [-0.05, 0) is 72.5 Å². The molecule has 1 amide bonds. The molecule has 0 bridgehead atoms. The number of anilines is 1. The van der Waals surface area contributed by atoms with Gasteiger partial charge in [-0.25, -0.2) is 4.84 Å². The van der Waals surface area contributed by atoms with Gasteiger partial charge in [0.2, 0.25) is 11.7 Å². The van der Waals surface area contributed by atoms with Gasteiger partial charge in [-0.1, -0.05) is 12.5 Å². The molecule has 1 atom stereocenters. The van der Waals surface area contributed by atoms with Crippen LogP contribution >= 0.6 is 23.3 Å². The molecule has 0 aliphatic carbocycles. The largest absolute Gasteiger partial charge is 0.495 e. The molecular formula is C25H31ClN4O5S. The van der Waals surface area contributed by atoms with Gasteiger partial charge in [-0.15, -0.1) is 0 Å². The van der Waals surface area contributed by atoms with Crippen molar-refractivity contribution < 1.29 is 23.7 Å². The Balaban J connectivity index is 1.97. The van der Waals surface area contributed by atoms with E-state index >= 15 is 0 Å². The van der Waals surface area contributed by atoms with Gasteiger partial charge in [0.25, 0.3) is 0 Å². The lowest BCUT2D eigenvalue weighted by atomic mass is 10.0. The number of nitrogens with zero attached hydrogens (tertiary/aromatic N) is 1. The maximum absolute atomic E-state index is 12.9. The van der Waals surface area contributed by atoms with Crippen LogP contribution in [0.25, 0.3) is 21.6 Å². The van der Waals surface area contributed by atoms with Crippen LogP contribution in [0.15, 0.2) is 36.5 Å². The highest BCUT2D eigenvalue weighted by atomic mass is 35.5. The van der Waals surface area contributed by atoms with Gasteiger partial charge in [0.1, 0.15) is 11.8 Å². The molecule has 11 heteroatoms. The standard InChI is InChI=1S/C25H31ClN4O5S/c1-32-20-9-8-15(11-19(20)29-25(31)18(30-26)7-5-6-10-27)17-14-28-36-24(17)16-12-21(33-2)23(35-4)22(13-16)34-3/h8-9,11-14,18,30H,5-7,10,27H2,1-4H3,(H,29,31)/t18-/m0/s1. The molecule has 2 aromatic carbocycles. The zero-order valence-electron chi connectivity index (χ0n) is 20.7. The summed E-state index contributed by atoms with van der Waals surface area (Å²) in [6.45, 7) is 0.565. The predicted molar refractivity (Wildman–Crippen MR) is 144 cm³/mol. The summed E-state index contributed by atoms with van der Waals surface area (Å²) in [5.41, 5.74) is 8.67. The van der Waals surface area contributed by atoms with Crippen LogP contribution in [0.5, 0.6) is 23.0 Å². The summed E-state index contributed by atoms with van der Waals surface area (Å²) < 4.78 is 26.4. The number of nitrogens with two attached hydrogens (primary N) is 1. The van der Waals surface area contributed by atoms with Crippen LogP contribution in [-0.2, 0) is 4.79 Å². The van der Waals surface area contributed by atoms with Gasteiger partial charge < -0.3 is 30.0 Å². The summed E-state index contributed by atoms with van der Waals surface area (Å²) in [7, 11) is 6.27. The Morgan fingerprint density at radius 1 is 1.00 bits per heavy atom. The van der Waals surface area contributed by atoms with Crippen molar-refractivity contribution in [3.05, 3.63) is 36.5 Å². The molecule has 0 spiro atoms. The number of benzene rings is 2. The molecule has 3 rings (SSSR count). The zero-order valence-corrected chi connectivity index (χ0v) is 22.3. The second-order valence-corrected chi connectivity index (χ2v) is 8.85. The molecule has 1 heterocycles. The lowest BCUT2D eigenvalue weighted by Crippen LogP contribution is -2.36. The van der Waals surface area contributed by atoms with E-state index in [1.807, 2.05) is 24.3 Å². The van der Waals surface area contributed by atoms with Crippen molar-refractivity contribution in [1.29, 1.82) is 0 Å². The predicted octanol–water partition coefficient (Wildman–Crippen LogP) is 4.69. The number of methoxy groups -OCH3 is 4. The minimum Gasteiger partial charge on any atom is -0.495 e. The lowest BCUT2D eigenvalue weighted by Gasteiger charge is -2.17. The number of hydrogen-bond acceptors (Lipinski definition) is 9. The fraction of sp³-hybridized carbons (Fsp3) is 0.360. The van der Waals surface area contributed by atoms with Gasteiger partial charge >= 0.3 is 0 Å². The Bertz CT molecular complexity index is 1150. The molecule has 1 aromatic heterocycles. The topological polar surface area (TPSA) is 117 Å². The number of carbonyl (C=O) groups is 1. The highest BCUT2D eigenvalue weighted by Crippen LogP contribution is 2.45. The molecule has 0 saturated heterocycles. The monoisotopic (exact) mass is 534 g/mol. The van der Waals surface area contributed by atoms with Crippen LogP contribution in [-0.4, -0.2) is 51.3 Å². The van der Waals surface area contributed by atoms with Crippen LogP contribution in [0.3, 0.4) is 0 Å². The van der Waals surface area contributed by atoms with E-state index in [0.717, 1.165) is 34.4 Å². The first-order chi connectivity index (χ1) is 17.5. The SMILES string of the molecule is COc1ccc(-c2cnsc2-c2cc(OC)c(OC)c(OC)c2)cc1NC(=O)[C@H](CCCCN)NCl. The van der Waals surface area contributed by atoms with Gasteiger partial charge in [0.05, 0.1) is 39.0 Å². The van der Waals surface area contributed by atoms with Crippen molar-refractivity contribution in [2.45, 2.75) is 25.3 Å². The Labute approximate surface area is 220 Å². The summed E-state index contributed by atoms with van der Waals surface area (Å²) >= 11 is 7.18. The first kappa shape index (κ1) is 27.5. The average Bonchev–Trinajstić information content (AvgIpc) is 3.40. The van der Waals surface area contributed by atoms with Crippen molar-refractivity contribution >= 4 is 34.9 Å². The highest BCUT2D eigenvalue weighted by molar-refractivity contribution is 7.10. The molecule has 0 fully saturated rings. The van der Waals surface area contributed by atoms with Crippen molar-refractivity contribution in [2.75, 3.05) is 40.3 Å². The Morgan fingerprint density at radius 2 is 1.69 bits per heavy atom. The number of ether oxygens (including phenoxy) is 4. The zero-order chi connectivity index (χ0) is 26.1. The number of amides is 1. The van der Waals surface area contributed by atoms with E-state index < -0.39 is 6.04 Å². The first-order valence-corrected chi connectivity index (χ1v) is 12.5. The number of halogens is 1. The summed E-state index contributed by atoms with van der Waals surface area (Å²) in [6, 6.07) is 8.76. The fourth-order valence-electron chi connectivity index (χ4n) is 3.79. The Hall–Kier alpha value is -3.05. The first-order valence-electron chi connectivity index (χ1n) is 11.3. The molecular weight excluding hydrogens is 504 g/mol. The third-order valence-electron chi connectivity index (χ3n) is 5.66. The van der Waals surface area contributed by atoms with E-state index in [2.05, 4.69) is 14.5 Å². The molecule has 0 unspecified atom stereocenters. The molecule has 36 heavy (non-hydrogen) atoms. The molecule has 0 aliphatic rings. The van der Waals surface area contributed by atoms with E-state index in [-0.39, 0.29) is 5.91 Å². The fourth-order valence-corrected chi connectivity index (χ4v) is 4.75. The Kier molecular flexibility index (Phi) is 10.2. The molecule has 194 valence electrons. The number of unbranched alkanes of at least 4 members (excludes halogenated alkanes) is 1. The van der Waals surface area contributed by atoms with E-state index in [1.165, 1.54) is 11.5 Å². The van der Waals surface area contributed by atoms with Gasteiger partial charge in [0.15, 0.2) is 11.5 Å². The molecule has 0 radical (unpaired) electrons. The Morgan fingerprint density at radius 3 is 2.28 bits per heavy atom. The average molecular weight is 535 g/mol. The van der Waals surface area contributed by atoms with Crippen LogP contribution in [0.2, 0.25) is 0 Å². The highest BCUT2D eigenvalue weighted by Gasteiger charge is 2.21. The van der Waals surface area contributed by atoms with E-state index in [4.69, 9.17) is 36.5 Å². The van der Waals surface area contributed by atoms with Gasteiger partial charge in [-0.3, -0.25) is 4.79 Å². The molecule has 9 nitrogen and oxygen atoms in total. The van der Waals surface area contributed by atoms with E-state index in [0.29, 0.717) is 41.7 Å². The van der Waals surface area contributed by atoms with Crippen LogP contribution in [0.1, 0.15) is 19.3 Å². The van der Waals surface area contributed by atoms with Crippen molar-refractivity contribution in [2.24, 2.45) is 5.73 Å². The number of carbonyl (C=O) groups excluding carboxylic acids is 1. The number of rotatable bonds is 13. The maximum Gasteiger partial charge on any atom is 0.242 e. The third kappa shape index (κ3) is 6.19. The molecule has 0 aliphatic heterocycles. The van der Waals surface area contributed by atoms with Crippen molar-refractivity contribution in [3.8, 4) is 44.6 Å². The minimum atomic E-state index is -0.566. The summed E-state index contributed by atoms with van der Waals surface area (Å²) in [5, 5.41) is 2.94. The molecule has 0 saturated carbocycles. The lowest BCUT2D eigenvalue weighted by molar-refractivity contribution is -0.117. The summed E-state index contributed by atoms with van der Waals surface area (Å²) in [5.74, 6) is 1.87. The van der Waals surface area contributed by atoms with Crippen LogP contribution in [0.4, 0.5) is 5.69 Å². The third-order valence-corrected chi connectivity index (χ3v) is 6.77. The second kappa shape index (κ2) is 13.3. The molecule has 3 aromatic rings. The van der Waals surface area contributed by atoms with Crippen molar-refractivity contribution in [1.82, 2.24) is 9.21 Å². The smallest absolute Gasteiger partial charge is 0.242 e. The number of hydrogen-bond donors (Lipinski definition) is 3. The van der Waals surface area contributed by atoms with Crippen LogP contribution in [0, 0.1) is 0 Å². The number of nitrogens with one attached hydrogen (secondary N) is 2. The number of aromatic nitrogens is 1. The van der Waals surface area contributed by atoms with Gasteiger partial charge in [-0.2, -0.15) is 4.37 Å². The minimum absolute atomic E-state index is 0.259. The van der Waals surface area contributed by atoms with Crippen molar-refractivity contribution in [3.63, 3.8) is 0 Å².